The van der Waals surface area contributed by atoms with Crippen LogP contribution in [0.25, 0.3) is 49.3 Å². The first-order chi connectivity index (χ1) is 28.3. The molecule has 0 saturated carbocycles. The maximum absolute atomic E-state index is 6.74. The molecule has 57 heavy (non-hydrogen) atoms. The Morgan fingerprint density at radius 1 is 0.526 bits per heavy atom. The number of para-hydroxylation sites is 2. The number of fused-ring (bicyclic) bond motifs is 12. The molecule has 0 atom stereocenters. The van der Waals surface area contributed by atoms with E-state index in [0.717, 1.165) is 72.6 Å². The van der Waals surface area contributed by atoms with Crippen molar-refractivity contribution in [2.24, 2.45) is 0 Å². The van der Waals surface area contributed by atoms with E-state index < -0.39 is 8.07 Å². The van der Waals surface area contributed by atoms with Crippen molar-refractivity contribution >= 4 is 95.3 Å². The molecule has 4 aromatic heterocycles. The van der Waals surface area contributed by atoms with E-state index in [2.05, 4.69) is 167 Å². The average Bonchev–Trinajstić information content (AvgIpc) is 3.93. The van der Waals surface area contributed by atoms with Gasteiger partial charge in [0, 0.05) is 51.9 Å². The molecule has 1 aliphatic rings. The van der Waals surface area contributed by atoms with Crippen molar-refractivity contribution in [1.82, 2.24) is 14.4 Å². The Labute approximate surface area is 328 Å². The molecule has 0 N–H and O–H groups in total. The number of aromatic nitrogens is 3. The molecule has 0 radical (unpaired) electrons. The third kappa shape index (κ3) is 4.57. The van der Waals surface area contributed by atoms with Gasteiger partial charge in [0.25, 0.3) is 0 Å². The summed E-state index contributed by atoms with van der Waals surface area (Å²) in [6.45, 7) is 0. The summed E-state index contributed by atoms with van der Waals surface area (Å²) in [6.07, 6.45) is 5.78. The van der Waals surface area contributed by atoms with Crippen LogP contribution in [0.15, 0.2) is 199 Å². The van der Waals surface area contributed by atoms with Crippen LogP contribution in [-0.4, -0.2) is 22.4 Å². The zero-order valence-electron chi connectivity index (χ0n) is 30.6. The van der Waals surface area contributed by atoms with Crippen LogP contribution in [0.4, 0.5) is 17.2 Å². The molecule has 0 spiro atoms. The average molecular weight is 749 g/mol. The van der Waals surface area contributed by atoms with E-state index in [1.54, 1.807) is 0 Å². The van der Waals surface area contributed by atoms with Gasteiger partial charge < -0.3 is 9.15 Å². The van der Waals surface area contributed by atoms with E-state index in [-0.39, 0.29) is 0 Å². The van der Waals surface area contributed by atoms with Gasteiger partial charge in [0.2, 0.25) is 0 Å². The molecule has 0 bridgehead atoms. The first kappa shape index (κ1) is 31.8. The van der Waals surface area contributed by atoms with Crippen molar-refractivity contribution in [2.45, 2.75) is 0 Å². The lowest BCUT2D eigenvalue weighted by molar-refractivity contribution is 0.483. The van der Waals surface area contributed by atoms with Crippen LogP contribution in [0.5, 0.6) is 11.5 Å². The van der Waals surface area contributed by atoms with Crippen LogP contribution in [0.2, 0.25) is 0 Å². The number of rotatable bonds is 5. The Morgan fingerprint density at radius 2 is 1.28 bits per heavy atom. The molecule has 6 nitrogen and oxygen atoms in total. The van der Waals surface area contributed by atoms with E-state index in [4.69, 9.17) is 19.1 Å². The zero-order valence-corrected chi connectivity index (χ0v) is 31.6. The Kier molecular flexibility index (Phi) is 6.85. The predicted octanol–water partition coefficient (Wildman–Crippen LogP) is 9.89. The van der Waals surface area contributed by atoms with Crippen LogP contribution in [0.3, 0.4) is 0 Å². The van der Waals surface area contributed by atoms with Crippen molar-refractivity contribution in [1.29, 1.82) is 0 Å². The molecule has 12 rings (SSSR count). The standard InChI is InChI=1S/C50H32N4O2Si/c1-3-15-36(16-4-1)57(37-17-5-2-6-18-37)46-23-12-28-51-50(46)54(43-26-27-45-47(48(43)57)40-20-8-10-22-44(40)56-45)33-13-11-14-34(31-33)55-35-24-25-38-39-19-7-9-21-42(39)53-30-29-52-49(53)41(38)32-35/h1-32H. The van der Waals surface area contributed by atoms with Gasteiger partial charge in [0.1, 0.15) is 34.1 Å². The summed E-state index contributed by atoms with van der Waals surface area (Å²) >= 11 is 0. The summed E-state index contributed by atoms with van der Waals surface area (Å²) in [7, 11) is -3.04. The van der Waals surface area contributed by atoms with Gasteiger partial charge in [-0.1, -0.05) is 109 Å². The minimum Gasteiger partial charge on any atom is -0.457 e. The van der Waals surface area contributed by atoms with Crippen LogP contribution in [0, 0.1) is 0 Å². The Bertz CT molecular complexity index is 3320. The zero-order chi connectivity index (χ0) is 37.5. The van der Waals surface area contributed by atoms with Crippen molar-refractivity contribution in [2.75, 3.05) is 4.90 Å². The maximum Gasteiger partial charge on any atom is 0.187 e. The number of furan rings is 1. The number of anilines is 3. The SMILES string of the molecule is c1ccc([Si]2(c3ccccc3)c3cccnc3N(c3cccc(Oc4ccc5c6ccccc6n6ccnc6c5c4)c3)c3ccc4oc5ccccc5c4c32)cc1. The molecular weight excluding hydrogens is 717 g/mol. The van der Waals surface area contributed by atoms with Gasteiger partial charge in [-0.05, 0) is 86.8 Å². The molecule has 0 unspecified atom stereocenters. The van der Waals surface area contributed by atoms with Gasteiger partial charge in [0.05, 0.1) is 11.2 Å². The predicted molar refractivity (Wildman–Crippen MR) is 234 cm³/mol. The highest BCUT2D eigenvalue weighted by Gasteiger charge is 2.51. The highest BCUT2D eigenvalue weighted by Crippen LogP contribution is 2.43. The second-order valence-electron chi connectivity index (χ2n) is 14.6. The summed E-state index contributed by atoms with van der Waals surface area (Å²) in [6, 6.07) is 62.3. The summed E-state index contributed by atoms with van der Waals surface area (Å²) in [5, 5.41) is 10.7. The fourth-order valence-corrected chi connectivity index (χ4v) is 14.6. The monoisotopic (exact) mass is 748 g/mol. The van der Waals surface area contributed by atoms with Crippen molar-refractivity contribution < 1.29 is 9.15 Å². The van der Waals surface area contributed by atoms with E-state index in [0.29, 0.717) is 0 Å². The second-order valence-corrected chi connectivity index (χ2v) is 18.3. The van der Waals surface area contributed by atoms with E-state index in [9.17, 15) is 0 Å². The first-order valence-corrected chi connectivity index (χ1v) is 21.1. The largest absolute Gasteiger partial charge is 0.457 e. The fraction of sp³-hybridized carbons (Fsp3) is 0. The molecule has 0 aliphatic carbocycles. The Balaban J connectivity index is 1.09. The van der Waals surface area contributed by atoms with E-state index in [1.807, 2.05) is 36.8 Å². The van der Waals surface area contributed by atoms with E-state index >= 15 is 0 Å². The maximum atomic E-state index is 6.74. The summed E-state index contributed by atoms with van der Waals surface area (Å²) in [5.41, 5.74) is 5.81. The molecule has 7 heteroatoms. The topological polar surface area (TPSA) is 55.8 Å². The summed E-state index contributed by atoms with van der Waals surface area (Å²) < 4.78 is 15.5. The molecule has 5 heterocycles. The van der Waals surface area contributed by atoms with Crippen molar-refractivity contribution in [3.63, 3.8) is 0 Å². The fourth-order valence-electron chi connectivity index (χ4n) is 9.33. The van der Waals surface area contributed by atoms with Gasteiger partial charge in [-0.2, -0.15) is 0 Å². The minimum absolute atomic E-state index is 0.723. The van der Waals surface area contributed by atoms with Crippen molar-refractivity contribution in [3.8, 4) is 11.5 Å². The second kappa shape index (κ2) is 12.3. The van der Waals surface area contributed by atoms with Gasteiger partial charge in [0.15, 0.2) is 8.07 Å². The van der Waals surface area contributed by atoms with Gasteiger partial charge in [-0.15, -0.1) is 0 Å². The lowest BCUT2D eigenvalue weighted by Crippen LogP contribution is -2.77. The highest BCUT2D eigenvalue weighted by molar-refractivity contribution is 7.22. The number of ether oxygens (including phenoxy) is 1. The highest BCUT2D eigenvalue weighted by atomic mass is 28.3. The van der Waals surface area contributed by atoms with Gasteiger partial charge in [-0.25, -0.2) is 9.97 Å². The van der Waals surface area contributed by atoms with Crippen molar-refractivity contribution in [3.05, 3.63) is 195 Å². The quantitative estimate of drug-likeness (QED) is 0.130. The first-order valence-electron chi connectivity index (χ1n) is 19.1. The molecule has 0 fully saturated rings. The molecule has 7 aromatic carbocycles. The number of pyridine rings is 2. The molecule has 0 saturated heterocycles. The van der Waals surface area contributed by atoms with Crippen LogP contribution in [0.1, 0.15) is 0 Å². The lowest BCUT2D eigenvalue weighted by Gasteiger charge is -2.44. The normalized spacial score (nSPS) is 13.4. The Hall–Kier alpha value is -7.48. The molecule has 268 valence electrons. The smallest absolute Gasteiger partial charge is 0.187 e. The number of benzene rings is 7. The number of hydrogen-bond acceptors (Lipinski definition) is 5. The lowest BCUT2D eigenvalue weighted by atomic mass is 10.1. The molecule has 1 aliphatic heterocycles. The van der Waals surface area contributed by atoms with Crippen LogP contribution in [-0.2, 0) is 0 Å². The third-order valence-electron chi connectivity index (χ3n) is 11.6. The number of nitrogens with zero attached hydrogens (tertiary/aromatic N) is 4. The number of hydrogen-bond donors (Lipinski definition) is 0. The summed E-state index contributed by atoms with van der Waals surface area (Å²) in [4.78, 5) is 12.3. The summed E-state index contributed by atoms with van der Waals surface area (Å²) in [5.74, 6) is 2.37. The van der Waals surface area contributed by atoms with E-state index in [1.165, 1.54) is 26.1 Å². The van der Waals surface area contributed by atoms with Gasteiger partial charge >= 0.3 is 0 Å². The van der Waals surface area contributed by atoms with Crippen LogP contribution < -0.4 is 30.4 Å². The molecular formula is C50H32N4O2Si. The number of imidazole rings is 1. The molecule has 11 aromatic rings. The van der Waals surface area contributed by atoms with Gasteiger partial charge in [-0.3, -0.25) is 9.30 Å². The van der Waals surface area contributed by atoms with Crippen LogP contribution >= 0.6 is 0 Å². The molecule has 0 amide bonds. The third-order valence-corrected chi connectivity index (χ3v) is 16.4. The minimum atomic E-state index is -3.04. The Morgan fingerprint density at radius 3 is 2.12 bits per heavy atom.